The van der Waals surface area contributed by atoms with Crippen LogP contribution < -0.4 is 0 Å². The molecule has 0 spiro atoms. The van der Waals surface area contributed by atoms with Crippen LogP contribution in [0.25, 0.3) is 0 Å². The smallest absolute Gasteiger partial charge is 0.427 e. The predicted molar refractivity (Wildman–Crippen MR) is 60.2 cm³/mol. The molecule has 0 aliphatic carbocycles. The van der Waals surface area contributed by atoms with Crippen LogP contribution in [-0.4, -0.2) is 40.1 Å². The summed E-state index contributed by atoms with van der Waals surface area (Å²) in [6, 6.07) is 0. The third kappa shape index (κ3) is 5.94. The first-order valence-electron chi connectivity index (χ1n) is 5.10. The van der Waals surface area contributed by atoms with Gasteiger partial charge in [0, 0.05) is 18.8 Å². The Labute approximate surface area is 91.4 Å². The Morgan fingerprint density at radius 1 is 1.27 bits per heavy atom. The number of aliphatic hydroxyl groups excluding tert-OH is 2. The molecule has 88 valence electrons. The minimum atomic E-state index is -1.39. The highest BCUT2D eigenvalue weighted by molar-refractivity contribution is 6.41. The number of hydrogen-bond acceptors (Lipinski definition) is 4. The third-order valence-corrected chi connectivity index (χ3v) is 2.40. The lowest BCUT2D eigenvalue weighted by Gasteiger charge is -2.31. The molecule has 0 heterocycles. The standard InChI is InChI=1S/C10H21BO4/c1-10(2,3)8(7-12)9(13)5-4-6-11(14)15/h4-5,8-9,12-15H,6-7H2,1-3H3/b5-4+. The predicted octanol–water partition coefficient (Wildman–Crippen LogP) is 0.0309. The van der Waals surface area contributed by atoms with Gasteiger partial charge in [0.2, 0.25) is 0 Å². The van der Waals surface area contributed by atoms with Crippen LogP contribution in [0.15, 0.2) is 12.2 Å². The van der Waals surface area contributed by atoms with Crippen LogP contribution in [0.1, 0.15) is 20.8 Å². The minimum absolute atomic E-state index is 0.0827. The van der Waals surface area contributed by atoms with Crippen LogP contribution in [0.5, 0.6) is 0 Å². The zero-order valence-corrected chi connectivity index (χ0v) is 9.59. The van der Waals surface area contributed by atoms with E-state index >= 15 is 0 Å². The van der Waals surface area contributed by atoms with Gasteiger partial charge >= 0.3 is 7.12 Å². The van der Waals surface area contributed by atoms with E-state index in [0.29, 0.717) is 0 Å². The van der Waals surface area contributed by atoms with Gasteiger partial charge in [0.25, 0.3) is 0 Å². The molecule has 4 nitrogen and oxygen atoms in total. The first-order valence-corrected chi connectivity index (χ1v) is 5.10. The molecule has 0 amide bonds. The molecule has 0 aromatic carbocycles. The zero-order valence-electron chi connectivity index (χ0n) is 9.59. The topological polar surface area (TPSA) is 80.9 Å². The molecule has 2 atom stereocenters. The molecule has 2 unspecified atom stereocenters. The highest BCUT2D eigenvalue weighted by Gasteiger charge is 2.29. The Bertz CT molecular complexity index is 198. The van der Waals surface area contributed by atoms with Gasteiger partial charge in [-0.1, -0.05) is 32.9 Å². The van der Waals surface area contributed by atoms with Crippen LogP contribution >= 0.6 is 0 Å². The van der Waals surface area contributed by atoms with E-state index in [2.05, 4.69) is 0 Å². The fourth-order valence-corrected chi connectivity index (χ4v) is 1.37. The van der Waals surface area contributed by atoms with Crippen molar-refractivity contribution in [1.82, 2.24) is 0 Å². The molecule has 0 fully saturated rings. The molecule has 4 N–H and O–H groups in total. The van der Waals surface area contributed by atoms with Crippen LogP contribution in [0.4, 0.5) is 0 Å². The number of rotatable bonds is 5. The van der Waals surface area contributed by atoms with E-state index in [0.717, 1.165) is 0 Å². The van der Waals surface area contributed by atoms with Gasteiger partial charge in [0.05, 0.1) is 6.10 Å². The average Bonchev–Trinajstić information content (AvgIpc) is 2.01. The highest BCUT2D eigenvalue weighted by atomic mass is 16.4. The molecule has 0 aromatic rings. The first kappa shape index (κ1) is 14.6. The molecule has 15 heavy (non-hydrogen) atoms. The molecule has 0 aliphatic rings. The molecule has 0 aliphatic heterocycles. The van der Waals surface area contributed by atoms with Crippen molar-refractivity contribution in [2.24, 2.45) is 11.3 Å². The maximum atomic E-state index is 9.75. The van der Waals surface area contributed by atoms with Gasteiger partial charge in [-0.05, 0) is 5.41 Å². The first-order chi connectivity index (χ1) is 6.79. The van der Waals surface area contributed by atoms with Crippen LogP contribution in [0.3, 0.4) is 0 Å². The Hall–Kier alpha value is -0.355. The molecular formula is C10H21BO4. The van der Waals surface area contributed by atoms with Crippen LogP contribution in [-0.2, 0) is 0 Å². The summed E-state index contributed by atoms with van der Waals surface area (Å²) >= 11 is 0. The second-order valence-corrected chi connectivity index (χ2v) is 4.79. The molecule has 0 saturated carbocycles. The number of hydrogen-bond donors (Lipinski definition) is 4. The fourth-order valence-electron chi connectivity index (χ4n) is 1.37. The van der Waals surface area contributed by atoms with E-state index in [9.17, 15) is 5.11 Å². The third-order valence-electron chi connectivity index (χ3n) is 2.40. The maximum Gasteiger partial charge on any atom is 0.455 e. The van der Waals surface area contributed by atoms with Crippen molar-refractivity contribution in [1.29, 1.82) is 0 Å². The summed E-state index contributed by atoms with van der Waals surface area (Å²) < 4.78 is 0. The molecule has 0 aromatic heterocycles. The quantitative estimate of drug-likeness (QED) is 0.386. The van der Waals surface area contributed by atoms with Gasteiger partial charge in [-0.2, -0.15) is 0 Å². The van der Waals surface area contributed by atoms with Gasteiger partial charge in [0.1, 0.15) is 0 Å². The van der Waals surface area contributed by atoms with Gasteiger partial charge < -0.3 is 20.3 Å². The van der Waals surface area contributed by atoms with E-state index in [1.807, 2.05) is 20.8 Å². The maximum absolute atomic E-state index is 9.75. The highest BCUT2D eigenvalue weighted by Crippen LogP contribution is 2.28. The summed E-state index contributed by atoms with van der Waals surface area (Å²) in [7, 11) is -1.39. The number of allylic oxidation sites excluding steroid dienone is 1. The second-order valence-electron chi connectivity index (χ2n) is 4.79. The van der Waals surface area contributed by atoms with Gasteiger partial charge in [-0.25, -0.2) is 0 Å². The molecule has 0 rings (SSSR count). The van der Waals surface area contributed by atoms with Crippen molar-refractivity contribution in [3.63, 3.8) is 0 Å². The van der Waals surface area contributed by atoms with Crippen molar-refractivity contribution < 1.29 is 20.3 Å². The molecule has 0 bridgehead atoms. The van der Waals surface area contributed by atoms with E-state index in [-0.39, 0.29) is 24.3 Å². The monoisotopic (exact) mass is 216 g/mol. The van der Waals surface area contributed by atoms with E-state index in [1.54, 1.807) is 0 Å². The Balaban J connectivity index is 4.28. The minimum Gasteiger partial charge on any atom is -0.427 e. The van der Waals surface area contributed by atoms with Gasteiger partial charge in [-0.15, -0.1) is 0 Å². The van der Waals surface area contributed by atoms with Crippen molar-refractivity contribution in [3.05, 3.63) is 12.2 Å². The van der Waals surface area contributed by atoms with Crippen LogP contribution in [0.2, 0.25) is 6.32 Å². The largest absolute Gasteiger partial charge is 0.455 e. The summed E-state index contributed by atoms with van der Waals surface area (Å²) in [5.74, 6) is -0.260. The number of aliphatic hydroxyl groups is 2. The van der Waals surface area contributed by atoms with Crippen molar-refractivity contribution in [3.8, 4) is 0 Å². The van der Waals surface area contributed by atoms with E-state index < -0.39 is 13.2 Å². The van der Waals surface area contributed by atoms with Crippen molar-refractivity contribution in [2.45, 2.75) is 33.2 Å². The normalized spacial score (nSPS) is 16.7. The lowest BCUT2D eigenvalue weighted by atomic mass is 9.77. The summed E-state index contributed by atoms with van der Waals surface area (Å²) in [4.78, 5) is 0. The average molecular weight is 216 g/mol. The van der Waals surface area contributed by atoms with Crippen molar-refractivity contribution >= 4 is 7.12 Å². The van der Waals surface area contributed by atoms with E-state index in [4.69, 9.17) is 15.2 Å². The zero-order chi connectivity index (χ0) is 12.1. The lowest BCUT2D eigenvalue weighted by molar-refractivity contribution is 0.0319. The lowest BCUT2D eigenvalue weighted by Crippen LogP contribution is -2.33. The SMILES string of the molecule is CC(C)(C)C(CO)C(O)/C=C/CB(O)O. The summed E-state index contributed by atoms with van der Waals surface area (Å²) in [6.07, 6.45) is 2.31. The Morgan fingerprint density at radius 3 is 2.13 bits per heavy atom. The molecule has 5 heteroatoms. The summed E-state index contributed by atoms with van der Waals surface area (Å²) in [5.41, 5.74) is -0.198. The van der Waals surface area contributed by atoms with Crippen molar-refractivity contribution in [2.75, 3.05) is 6.61 Å². The molecule has 0 saturated heterocycles. The molecule has 0 radical (unpaired) electrons. The van der Waals surface area contributed by atoms with Crippen LogP contribution in [0, 0.1) is 11.3 Å². The molecular weight excluding hydrogens is 195 g/mol. The Morgan fingerprint density at radius 2 is 1.80 bits per heavy atom. The summed E-state index contributed by atoms with van der Waals surface area (Å²) in [6.45, 7) is 5.71. The summed E-state index contributed by atoms with van der Waals surface area (Å²) in [5, 5.41) is 36.1. The fraction of sp³-hybridized carbons (Fsp3) is 0.800. The van der Waals surface area contributed by atoms with E-state index in [1.165, 1.54) is 12.2 Å². The Kier molecular flexibility index (Phi) is 6.13. The van der Waals surface area contributed by atoms with Gasteiger partial charge in [0.15, 0.2) is 0 Å². The van der Waals surface area contributed by atoms with Gasteiger partial charge in [-0.3, -0.25) is 0 Å². The second kappa shape index (κ2) is 6.28.